The van der Waals surface area contributed by atoms with E-state index in [-0.39, 0.29) is 18.2 Å². The third-order valence-corrected chi connectivity index (χ3v) is 5.27. The molecule has 0 bridgehead atoms. The molecule has 0 aliphatic carbocycles. The second kappa shape index (κ2) is 10.2. The van der Waals surface area contributed by atoms with Crippen molar-refractivity contribution >= 4 is 6.03 Å². The molecule has 0 radical (unpaired) electrons. The van der Waals surface area contributed by atoms with Crippen LogP contribution in [0, 0.1) is 13.8 Å². The molecule has 3 rings (SSSR count). The van der Waals surface area contributed by atoms with Gasteiger partial charge in [0.15, 0.2) is 11.5 Å². The van der Waals surface area contributed by atoms with Crippen LogP contribution in [0.3, 0.4) is 0 Å². The number of nitrogens with one attached hydrogen (secondary N) is 2. The number of amides is 2. The topological polar surface area (TPSA) is 77.4 Å². The number of para-hydroxylation sites is 1. The zero-order valence-corrected chi connectivity index (χ0v) is 19.6. The number of nitrogens with zero attached hydrogens (tertiary/aromatic N) is 2. The summed E-state index contributed by atoms with van der Waals surface area (Å²) in [7, 11) is 1.61. The number of hydrogen-bond donors (Lipinski definition) is 2. The predicted octanol–water partition coefficient (Wildman–Crippen LogP) is 4.85. The second-order valence-electron chi connectivity index (χ2n) is 8.02. The van der Waals surface area contributed by atoms with Crippen LogP contribution in [0.5, 0.6) is 11.5 Å². The van der Waals surface area contributed by atoms with Crippen LogP contribution < -0.4 is 20.1 Å². The number of hydrogen-bond acceptors (Lipinski definition) is 4. The molecule has 1 heterocycles. The highest BCUT2D eigenvalue weighted by Gasteiger charge is 2.16. The van der Waals surface area contributed by atoms with Gasteiger partial charge in [0.25, 0.3) is 0 Å². The number of methoxy groups -OCH3 is 1. The summed E-state index contributed by atoms with van der Waals surface area (Å²) < 4.78 is 13.1. The summed E-state index contributed by atoms with van der Waals surface area (Å²) in [6, 6.07) is 15.2. The minimum absolute atomic E-state index is 0.0502. The van der Waals surface area contributed by atoms with Gasteiger partial charge in [0.2, 0.25) is 0 Å². The van der Waals surface area contributed by atoms with Crippen LogP contribution in [0.2, 0.25) is 0 Å². The van der Waals surface area contributed by atoms with Gasteiger partial charge in [0.05, 0.1) is 30.6 Å². The fraction of sp³-hybridized carbons (Fsp3) is 0.360. The van der Waals surface area contributed by atoms with Crippen molar-refractivity contribution in [3.63, 3.8) is 0 Å². The summed E-state index contributed by atoms with van der Waals surface area (Å²) in [5, 5.41) is 10.6. The van der Waals surface area contributed by atoms with Gasteiger partial charge in [0, 0.05) is 17.8 Å². The highest BCUT2D eigenvalue weighted by atomic mass is 16.5. The molecule has 0 aliphatic rings. The lowest BCUT2D eigenvalue weighted by Crippen LogP contribution is -2.36. The van der Waals surface area contributed by atoms with E-state index in [4.69, 9.17) is 9.47 Å². The highest BCUT2D eigenvalue weighted by molar-refractivity contribution is 5.74. The summed E-state index contributed by atoms with van der Waals surface area (Å²) in [5.41, 5.74) is 4.83. The van der Waals surface area contributed by atoms with Gasteiger partial charge in [-0.2, -0.15) is 5.10 Å². The molecule has 32 heavy (non-hydrogen) atoms. The van der Waals surface area contributed by atoms with Gasteiger partial charge in [-0.15, -0.1) is 0 Å². The Hall–Kier alpha value is -3.48. The maximum absolute atomic E-state index is 12.6. The number of aryl methyl sites for hydroxylation is 1. The Morgan fingerprint density at radius 2 is 1.78 bits per heavy atom. The van der Waals surface area contributed by atoms with E-state index >= 15 is 0 Å². The van der Waals surface area contributed by atoms with Gasteiger partial charge in [-0.25, -0.2) is 9.48 Å². The normalized spacial score (nSPS) is 11.8. The van der Waals surface area contributed by atoms with Gasteiger partial charge >= 0.3 is 6.03 Å². The molecular weight excluding hydrogens is 404 g/mol. The zero-order valence-electron chi connectivity index (χ0n) is 19.6. The molecule has 1 atom stereocenters. The van der Waals surface area contributed by atoms with Crippen LogP contribution in [-0.4, -0.2) is 29.0 Å². The number of carbonyl (C=O) groups is 1. The minimum atomic E-state index is -0.245. The Balaban J connectivity index is 1.64. The van der Waals surface area contributed by atoms with E-state index in [1.165, 1.54) is 0 Å². The number of benzene rings is 2. The van der Waals surface area contributed by atoms with Gasteiger partial charge in [-0.3, -0.25) is 0 Å². The first kappa shape index (κ1) is 23.2. The first-order valence-corrected chi connectivity index (χ1v) is 10.8. The molecule has 3 aromatic rings. The Morgan fingerprint density at radius 3 is 2.44 bits per heavy atom. The Kier molecular flexibility index (Phi) is 7.41. The Morgan fingerprint density at radius 1 is 1.06 bits per heavy atom. The molecule has 1 unspecified atom stereocenters. The molecule has 0 spiro atoms. The van der Waals surface area contributed by atoms with Crippen molar-refractivity contribution in [1.82, 2.24) is 20.4 Å². The van der Waals surface area contributed by atoms with Crippen molar-refractivity contribution in [2.45, 2.75) is 53.3 Å². The van der Waals surface area contributed by atoms with Gasteiger partial charge in [-0.1, -0.05) is 24.3 Å². The SMILES string of the molecule is COc1cc(C(C)NC(=O)NCc2c(C)nn(-c3ccccc3)c2C)ccc1OC(C)C. The van der Waals surface area contributed by atoms with E-state index in [1.54, 1.807) is 7.11 Å². The van der Waals surface area contributed by atoms with Crippen molar-refractivity contribution in [2.75, 3.05) is 7.11 Å². The number of aromatic nitrogens is 2. The predicted molar refractivity (Wildman–Crippen MR) is 126 cm³/mol. The van der Waals surface area contributed by atoms with Gasteiger partial charge < -0.3 is 20.1 Å². The molecule has 0 fully saturated rings. The van der Waals surface area contributed by atoms with E-state index in [9.17, 15) is 4.79 Å². The third kappa shape index (κ3) is 5.41. The number of carbonyl (C=O) groups excluding carboxylic acids is 1. The molecule has 1 aromatic heterocycles. The molecule has 0 saturated carbocycles. The molecule has 170 valence electrons. The van der Waals surface area contributed by atoms with Gasteiger partial charge in [-0.05, 0) is 64.4 Å². The molecule has 2 aromatic carbocycles. The molecule has 7 nitrogen and oxygen atoms in total. The molecule has 7 heteroatoms. The highest BCUT2D eigenvalue weighted by Crippen LogP contribution is 2.31. The molecule has 0 aliphatic heterocycles. The van der Waals surface area contributed by atoms with E-state index in [0.717, 1.165) is 28.2 Å². The van der Waals surface area contributed by atoms with E-state index < -0.39 is 0 Å². The summed E-state index contributed by atoms with van der Waals surface area (Å²) in [6.07, 6.45) is 0.0502. The maximum Gasteiger partial charge on any atom is 0.315 e. The van der Waals surface area contributed by atoms with Crippen LogP contribution in [0.4, 0.5) is 4.79 Å². The largest absolute Gasteiger partial charge is 0.493 e. The van der Waals surface area contributed by atoms with E-state index in [0.29, 0.717) is 18.0 Å². The third-order valence-electron chi connectivity index (χ3n) is 5.27. The van der Waals surface area contributed by atoms with Crippen LogP contribution in [0.1, 0.15) is 49.3 Å². The zero-order chi connectivity index (χ0) is 23.3. The quantitative estimate of drug-likeness (QED) is 0.529. The average Bonchev–Trinajstić information content (AvgIpc) is 3.06. The number of urea groups is 1. The van der Waals surface area contributed by atoms with Crippen LogP contribution in [0.25, 0.3) is 5.69 Å². The van der Waals surface area contributed by atoms with E-state index in [2.05, 4.69) is 15.7 Å². The van der Waals surface area contributed by atoms with Crippen LogP contribution in [-0.2, 0) is 6.54 Å². The summed E-state index contributed by atoms with van der Waals surface area (Å²) in [4.78, 5) is 12.6. The van der Waals surface area contributed by atoms with Crippen molar-refractivity contribution < 1.29 is 14.3 Å². The molecule has 0 saturated heterocycles. The minimum Gasteiger partial charge on any atom is -0.493 e. The summed E-state index contributed by atoms with van der Waals surface area (Å²) in [6.45, 7) is 10.2. The van der Waals surface area contributed by atoms with Crippen molar-refractivity contribution in [3.05, 3.63) is 71.0 Å². The fourth-order valence-corrected chi connectivity index (χ4v) is 3.56. The van der Waals surface area contributed by atoms with Crippen molar-refractivity contribution in [3.8, 4) is 17.2 Å². The van der Waals surface area contributed by atoms with Crippen molar-refractivity contribution in [2.24, 2.45) is 0 Å². The molecule has 2 N–H and O–H groups in total. The fourth-order valence-electron chi connectivity index (χ4n) is 3.56. The number of rotatable bonds is 8. The molecular formula is C25H32N4O3. The van der Waals surface area contributed by atoms with E-state index in [1.807, 2.05) is 87.8 Å². The average molecular weight is 437 g/mol. The Bertz CT molecular complexity index is 1060. The monoisotopic (exact) mass is 436 g/mol. The lowest BCUT2D eigenvalue weighted by molar-refractivity contribution is 0.230. The van der Waals surface area contributed by atoms with Crippen LogP contribution in [0.15, 0.2) is 48.5 Å². The smallest absolute Gasteiger partial charge is 0.315 e. The summed E-state index contributed by atoms with van der Waals surface area (Å²) >= 11 is 0. The van der Waals surface area contributed by atoms with Crippen molar-refractivity contribution in [1.29, 1.82) is 0 Å². The first-order chi connectivity index (χ1) is 15.3. The lowest BCUT2D eigenvalue weighted by atomic mass is 10.1. The standard InChI is InChI=1S/C25H32N4O3/c1-16(2)32-23-13-12-20(14-24(23)31-6)17(3)27-25(30)26-15-22-18(4)28-29(19(22)5)21-10-8-7-9-11-21/h7-14,16-17H,15H2,1-6H3,(H2,26,27,30). The first-order valence-electron chi connectivity index (χ1n) is 10.8. The second-order valence-corrected chi connectivity index (χ2v) is 8.02. The molecule has 2 amide bonds. The Labute approximate surface area is 189 Å². The summed E-state index contributed by atoms with van der Waals surface area (Å²) in [5.74, 6) is 1.33. The lowest BCUT2D eigenvalue weighted by Gasteiger charge is -2.18. The van der Waals surface area contributed by atoms with Gasteiger partial charge in [0.1, 0.15) is 0 Å². The maximum atomic E-state index is 12.6. The van der Waals surface area contributed by atoms with Crippen LogP contribution >= 0.6 is 0 Å². The number of ether oxygens (including phenoxy) is 2.